The Hall–Kier alpha value is -1.69. The fourth-order valence-corrected chi connectivity index (χ4v) is 2.52. The van der Waals surface area contributed by atoms with E-state index in [0.717, 1.165) is 18.7 Å². The number of aromatic nitrogens is 3. The highest BCUT2D eigenvalue weighted by Crippen LogP contribution is 2.29. The number of carbonyl (C=O) groups is 1. The van der Waals surface area contributed by atoms with Gasteiger partial charge < -0.3 is 9.47 Å². The monoisotopic (exact) mass is 334 g/mol. The van der Waals surface area contributed by atoms with Crippen molar-refractivity contribution < 1.29 is 4.79 Å². The first-order valence-corrected chi connectivity index (χ1v) is 7.33. The van der Waals surface area contributed by atoms with E-state index in [-0.39, 0.29) is 5.91 Å². The summed E-state index contributed by atoms with van der Waals surface area (Å²) in [5, 5.41) is 0. The molecule has 1 fully saturated rings. The van der Waals surface area contributed by atoms with Gasteiger partial charge in [-0.2, -0.15) is 0 Å². The van der Waals surface area contributed by atoms with Crippen molar-refractivity contribution in [2.24, 2.45) is 7.05 Å². The topological polar surface area (TPSA) is 51.0 Å². The van der Waals surface area contributed by atoms with Crippen LogP contribution in [0, 0.1) is 0 Å². The number of carbonyl (C=O) groups excluding carboxylic acids is 1. The predicted molar refractivity (Wildman–Crippen MR) is 78.0 cm³/mol. The molecule has 3 rings (SSSR count). The minimum Gasteiger partial charge on any atom is -0.337 e. The van der Waals surface area contributed by atoms with Crippen molar-refractivity contribution in [1.82, 2.24) is 19.4 Å². The summed E-state index contributed by atoms with van der Waals surface area (Å²) in [6, 6.07) is 3.85. The molecule has 2 aromatic rings. The molecule has 20 heavy (non-hydrogen) atoms. The van der Waals surface area contributed by atoms with E-state index in [0.29, 0.717) is 22.8 Å². The lowest BCUT2D eigenvalue weighted by atomic mass is 10.2. The largest absolute Gasteiger partial charge is 0.337 e. The molecule has 0 bridgehead atoms. The lowest BCUT2D eigenvalue weighted by molar-refractivity contribution is 0.0724. The van der Waals surface area contributed by atoms with Crippen molar-refractivity contribution in [2.75, 3.05) is 0 Å². The SMILES string of the molecule is Cn1ccnc1CN(C(=O)c1ccnc(Br)c1)C1CC1. The number of rotatable bonds is 4. The minimum absolute atomic E-state index is 0.0404. The van der Waals surface area contributed by atoms with E-state index < -0.39 is 0 Å². The quantitative estimate of drug-likeness (QED) is 0.806. The summed E-state index contributed by atoms with van der Waals surface area (Å²) in [6.07, 6.45) is 7.44. The fourth-order valence-electron chi connectivity index (χ4n) is 2.16. The van der Waals surface area contributed by atoms with Crippen molar-refractivity contribution in [3.8, 4) is 0 Å². The number of amides is 1. The van der Waals surface area contributed by atoms with Gasteiger partial charge in [-0.15, -0.1) is 0 Å². The molecule has 0 saturated heterocycles. The predicted octanol–water partition coefficient (Wildman–Crippen LogP) is 2.38. The lowest BCUT2D eigenvalue weighted by Gasteiger charge is -2.22. The zero-order valence-electron chi connectivity index (χ0n) is 11.2. The Labute approximate surface area is 125 Å². The lowest BCUT2D eigenvalue weighted by Crippen LogP contribution is -2.33. The summed E-state index contributed by atoms with van der Waals surface area (Å²) < 4.78 is 2.63. The summed E-state index contributed by atoms with van der Waals surface area (Å²) in [5.74, 6) is 0.942. The molecule has 2 aromatic heterocycles. The van der Waals surface area contributed by atoms with E-state index in [2.05, 4.69) is 25.9 Å². The average molecular weight is 335 g/mol. The summed E-state index contributed by atoms with van der Waals surface area (Å²) in [4.78, 5) is 22.9. The third-order valence-electron chi connectivity index (χ3n) is 3.45. The van der Waals surface area contributed by atoms with Crippen LogP contribution in [-0.4, -0.2) is 31.4 Å². The second-order valence-corrected chi connectivity index (χ2v) is 5.80. The maximum atomic E-state index is 12.7. The molecule has 0 N–H and O–H groups in total. The summed E-state index contributed by atoms with van der Waals surface area (Å²) in [7, 11) is 1.95. The van der Waals surface area contributed by atoms with Gasteiger partial charge in [-0.3, -0.25) is 4.79 Å². The molecule has 0 radical (unpaired) electrons. The summed E-state index contributed by atoms with van der Waals surface area (Å²) >= 11 is 3.31. The number of hydrogen-bond donors (Lipinski definition) is 0. The second kappa shape index (κ2) is 5.36. The first-order chi connectivity index (χ1) is 9.65. The van der Waals surface area contributed by atoms with Crippen LogP contribution in [0.3, 0.4) is 0 Å². The maximum Gasteiger partial charge on any atom is 0.254 e. The van der Waals surface area contributed by atoms with Gasteiger partial charge in [0.05, 0.1) is 6.54 Å². The standard InChI is InChI=1S/C14H15BrN4O/c1-18-7-6-17-13(18)9-19(11-2-3-11)14(20)10-4-5-16-12(15)8-10/h4-8,11H,2-3,9H2,1H3. The van der Waals surface area contributed by atoms with E-state index in [4.69, 9.17) is 0 Å². The van der Waals surface area contributed by atoms with Gasteiger partial charge in [0, 0.05) is 37.2 Å². The Bertz CT molecular complexity index is 636. The molecule has 0 spiro atoms. The molecule has 1 saturated carbocycles. The number of pyridine rings is 1. The molecule has 0 unspecified atom stereocenters. The maximum absolute atomic E-state index is 12.7. The van der Waals surface area contributed by atoms with Crippen LogP contribution in [0.15, 0.2) is 35.3 Å². The molecular formula is C14H15BrN4O. The zero-order chi connectivity index (χ0) is 14.1. The van der Waals surface area contributed by atoms with Crippen LogP contribution in [0.1, 0.15) is 29.0 Å². The van der Waals surface area contributed by atoms with Crippen LogP contribution < -0.4 is 0 Å². The van der Waals surface area contributed by atoms with Crippen LogP contribution in [0.5, 0.6) is 0 Å². The van der Waals surface area contributed by atoms with E-state index in [9.17, 15) is 4.79 Å². The Balaban J connectivity index is 1.84. The Morgan fingerprint density at radius 1 is 1.45 bits per heavy atom. The van der Waals surface area contributed by atoms with Crippen LogP contribution in [0.25, 0.3) is 0 Å². The molecule has 1 aliphatic carbocycles. The van der Waals surface area contributed by atoms with Crippen molar-refractivity contribution in [1.29, 1.82) is 0 Å². The van der Waals surface area contributed by atoms with Gasteiger partial charge >= 0.3 is 0 Å². The molecule has 5 nitrogen and oxygen atoms in total. The normalized spacial score (nSPS) is 14.3. The number of halogens is 1. The highest BCUT2D eigenvalue weighted by atomic mass is 79.9. The van der Waals surface area contributed by atoms with E-state index >= 15 is 0 Å². The Morgan fingerprint density at radius 2 is 2.25 bits per heavy atom. The van der Waals surface area contributed by atoms with E-state index in [1.165, 1.54) is 0 Å². The Kier molecular flexibility index (Phi) is 3.56. The van der Waals surface area contributed by atoms with Crippen LogP contribution >= 0.6 is 15.9 Å². The number of hydrogen-bond acceptors (Lipinski definition) is 3. The van der Waals surface area contributed by atoms with Gasteiger partial charge in [-0.05, 0) is 40.9 Å². The highest BCUT2D eigenvalue weighted by Gasteiger charge is 2.33. The number of nitrogens with zero attached hydrogens (tertiary/aromatic N) is 4. The highest BCUT2D eigenvalue weighted by molar-refractivity contribution is 9.10. The fraction of sp³-hybridized carbons (Fsp3) is 0.357. The van der Waals surface area contributed by atoms with Crippen molar-refractivity contribution in [3.05, 3.63) is 46.7 Å². The molecule has 1 aliphatic rings. The van der Waals surface area contributed by atoms with Crippen LogP contribution in [0.2, 0.25) is 0 Å². The average Bonchev–Trinajstić information content (AvgIpc) is 3.19. The van der Waals surface area contributed by atoms with Gasteiger partial charge in [0.2, 0.25) is 0 Å². The van der Waals surface area contributed by atoms with E-state index in [1.54, 1.807) is 24.5 Å². The second-order valence-electron chi connectivity index (χ2n) is 4.99. The van der Waals surface area contributed by atoms with Gasteiger partial charge in [0.1, 0.15) is 10.4 Å². The first kappa shape index (κ1) is 13.3. The molecule has 2 heterocycles. The smallest absolute Gasteiger partial charge is 0.254 e. The van der Waals surface area contributed by atoms with Crippen molar-refractivity contribution >= 4 is 21.8 Å². The molecule has 0 atom stereocenters. The van der Waals surface area contributed by atoms with Gasteiger partial charge in [0.25, 0.3) is 5.91 Å². The van der Waals surface area contributed by atoms with Gasteiger partial charge in [0.15, 0.2) is 0 Å². The molecule has 0 aliphatic heterocycles. The number of aryl methyl sites for hydroxylation is 1. The third kappa shape index (κ3) is 2.75. The van der Waals surface area contributed by atoms with Crippen molar-refractivity contribution in [2.45, 2.75) is 25.4 Å². The number of imidazole rings is 1. The van der Waals surface area contributed by atoms with Crippen LogP contribution in [0.4, 0.5) is 0 Å². The van der Waals surface area contributed by atoms with Crippen LogP contribution in [-0.2, 0) is 13.6 Å². The van der Waals surface area contributed by atoms with E-state index in [1.807, 2.05) is 22.7 Å². The van der Waals surface area contributed by atoms with Crippen molar-refractivity contribution in [3.63, 3.8) is 0 Å². The molecular weight excluding hydrogens is 320 g/mol. The first-order valence-electron chi connectivity index (χ1n) is 6.54. The van der Waals surface area contributed by atoms with Gasteiger partial charge in [-0.25, -0.2) is 9.97 Å². The van der Waals surface area contributed by atoms with Gasteiger partial charge in [-0.1, -0.05) is 0 Å². The molecule has 0 aromatic carbocycles. The molecule has 6 heteroatoms. The zero-order valence-corrected chi connectivity index (χ0v) is 12.7. The molecule has 1 amide bonds. The molecule has 104 valence electrons. The summed E-state index contributed by atoms with van der Waals surface area (Å²) in [5.41, 5.74) is 0.660. The Morgan fingerprint density at radius 3 is 2.85 bits per heavy atom. The third-order valence-corrected chi connectivity index (χ3v) is 3.89. The minimum atomic E-state index is 0.0404. The summed E-state index contributed by atoms with van der Waals surface area (Å²) in [6.45, 7) is 0.549.